The molecule has 2 aliphatic heterocycles. The third-order valence-electron chi connectivity index (χ3n) is 6.41. The molecule has 0 saturated carbocycles. The molecule has 2 atom stereocenters. The molecule has 0 radical (unpaired) electrons. The van der Waals surface area contributed by atoms with E-state index in [9.17, 15) is 0 Å². The smallest absolute Gasteiger partial charge is 0.225 e. The van der Waals surface area contributed by atoms with Gasteiger partial charge in [-0.05, 0) is 52.0 Å². The lowest BCUT2D eigenvalue weighted by Crippen LogP contribution is -2.50. The van der Waals surface area contributed by atoms with Crippen molar-refractivity contribution >= 4 is 0 Å². The summed E-state index contributed by atoms with van der Waals surface area (Å²) in [5, 5.41) is 9.68. The fraction of sp³-hybridized carbons (Fsp3) is 0.280. The van der Waals surface area contributed by atoms with Crippen LogP contribution in [0.2, 0.25) is 0 Å². The van der Waals surface area contributed by atoms with Gasteiger partial charge in [-0.15, -0.1) is 0 Å². The lowest BCUT2D eigenvalue weighted by molar-refractivity contribution is -0.0797. The van der Waals surface area contributed by atoms with E-state index in [0.29, 0.717) is 6.42 Å². The molecule has 2 bridgehead atoms. The normalized spacial score (nSPS) is 23.5. The second-order valence-corrected chi connectivity index (χ2v) is 8.87. The summed E-state index contributed by atoms with van der Waals surface area (Å²) in [5.41, 5.74) is 4.60. The maximum absolute atomic E-state index is 6.79. The highest BCUT2D eigenvalue weighted by molar-refractivity contribution is 5.53. The van der Waals surface area contributed by atoms with E-state index >= 15 is 0 Å². The topological polar surface area (TPSA) is 54.1 Å². The van der Waals surface area contributed by atoms with Crippen LogP contribution in [0.3, 0.4) is 0 Å². The summed E-state index contributed by atoms with van der Waals surface area (Å²) in [7, 11) is 0. The molecule has 2 aromatic carbocycles. The fourth-order valence-corrected chi connectivity index (χ4v) is 5.33. The Balaban J connectivity index is 1.57. The second-order valence-electron chi connectivity index (χ2n) is 8.87. The van der Waals surface area contributed by atoms with E-state index < -0.39 is 11.2 Å². The number of ether oxygens (including phenoxy) is 2. The van der Waals surface area contributed by atoms with E-state index in [1.54, 1.807) is 0 Å². The van der Waals surface area contributed by atoms with Gasteiger partial charge >= 0.3 is 0 Å². The first-order chi connectivity index (χ1) is 14.9. The summed E-state index contributed by atoms with van der Waals surface area (Å²) in [6.45, 7) is 8.32. The Labute approximate surface area is 181 Å². The van der Waals surface area contributed by atoms with Gasteiger partial charge in [-0.3, -0.25) is 0 Å². The van der Waals surface area contributed by atoms with Crippen LogP contribution in [0.5, 0.6) is 11.8 Å². The van der Waals surface area contributed by atoms with Crippen molar-refractivity contribution in [3.8, 4) is 23.1 Å². The van der Waals surface area contributed by atoms with Crippen molar-refractivity contribution in [2.75, 3.05) is 0 Å². The van der Waals surface area contributed by atoms with Crippen LogP contribution < -0.4 is 9.47 Å². The molecule has 0 spiro atoms. The molecule has 6 heteroatoms. The van der Waals surface area contributed by atoms with Crippen molar-refractivity contribution in [1.82, 2.24) is 19.6 Å². The lowest BCUT2D eigenvalue weighted by atomic mass is 9.76. The quantitative estimate of drug-likeness (QED) is 0.466. The molecule has 0 N–H and O–H groups in total. The maximum atomic E-state index is 6.79. The summed E-state index contributed by atoms with van der Waals surface area (Å²) in [6, 6.07) is 20.2. The van der Waals surface area contributed by atoms with Gasteiger partial charge in [-0.25, -0.2) is 9.36 Å². The number of hydrogen-bond donors (Lipinski definition) is 0. The van der Waals surface area contributed by atoms with Crippen LogP contribution in [0.15, 0.2) is 60.7 Å². The highest BCUT2D eigenvalue weighted by atomic mass is 16.6. The molecule has 2 aliphatic rings. The van der Waals surface area contributed by atoms with Gasteiger partial charge in [0, 0.05) is 6.42 Å². The second kappa shape index (κ2) is 6.00. The van der Waals surface area contributed by atoms with Crippen molar-refractivity contribution in [2.45, 2.75) is 45.3 Å². The molecular weight excluding hydrogens is 388 g/mol. The fourth-order valence-electron chi connectivity index (χ4n) is 5.33. The van der Waals surface area contributed by atoms with Crippen LogP contribution in [-0.4, -0.2) is 19.6 Å². The predicted octanol–water partition coefficient (Wildman–Crippen LogP) is 4.98. The minimum absolute atomic E-state index is 0.578. The first-order valence-electron chi connectivity index (χ1n) is 10.6. The van der Waals surface area contributed by atoms with E-state index in [-0.39, 0.29) is 0 Å². The Morgan fingerprint density at radius 2 is 1.06 bits per heavy atom. The van der Waals surface area contributed by atoms with E-state index in [2.05, 4.69) is 13.8 Å². The Kier molecular flexibility index (Phi) is 3.53. The van der Waals surface area contributed by atoms with Gasteiger partial charge in [0.25, 0.3) is 0 Å². The zero-order valence-electron chi connectivity index (χ0n) is 18.1. The van der Waals surface area contributed by atoms with Crippen LogP contribution >= 0.6 is 0 Å². The molecule has 4 heterocycles. The SMILES string of the molecule is Cc1nn(-c2ccccc2)c2c1C1(C)CC(C)(O2)c2c(C)nn(-c3ccccc3)c2O1. The highest BCUT2D eigenvalue weighted by Crippen LogP contribution is 2.57. The average molecular weight is 412 g/mol. The zero-order valence-corrected chi connectivity index (χ0v) is 18.1. The standard InChI is InChI=1S/C25H24N4O2/c1-16-20-22(28(26-16)18-11-7-5-8-12-18)30-25(4)15-24(20,3)31-23-21(25)17(2)27-29(23)19-13-9-6-10-14-19/h5-14H,15H2,1-4H3. The number of nitrogens with zero attached hydrogens (tertiary/aromatic N) is 4. The molecule has 0 saturated heterocycles. The first-order valence-corrected chi connectivity index (χ1v) is 10.6. The van der Waals surface area contributed by atoms with Gasteiger partial charge in [-0.2, -0.15) is 10.2 Å². The van der Waals surface area contributed by atoms with Crippen molar-refractivity contribution in [1.29, 1.82) is 0 Å². The number of aromatic nitrogens is 4. The summed E-state index contributed by atoms with van der Waals surface area (Å²) in [4.78, 5) is 0. The molecule has 0 fully saturated rings. The number of rotatable bonds is 2. The molecule has 0 aliphatic carbocycles. The number of hydrogen-bond acceptors (Lipinski definition) is 4. The van der Waals surface area contributed by atoms with Gasteiger partial charge in [-0.1, -0.05) is 36.4 Å². The number of fused-ring (bicyclic) bond motifs is 6. The summed E-state index contributed by atoms with van der Waals surface area (Å²) in [5.74, 6) is 1.50. The summed E-state index contributed by atoms with van der Waals surface area (Å²) < 4.78 is 17.4. The maximum Gasteiger partial charge on any atom is 0.225 e. The molecule has 6 nitrogen and oxygen atoms in total. The van der Waals surface area contributed by atoms with E-state index in [0.717, 1.165) is 45.6 Å². The zero-order chi connectivity index (χ0) is 21.4. The van der Waals surface area contributed by atoms with Crippen molar-refractivity contribution in [3.63, 3.8) is 0 Å². The van der Waals surface area contributed by atoms with Crippen molar-refractivity contribution in [3.05, 3.63) is 83.2 Å². The Morgan fingerprint density at radius 3 is 1.45 bits per heavy atom. The molecular formula is C25H24N4O2. The van der Waals surface area contributed by atoms with Gasteiger partial charge in [0.15, 0.2) is 0 Å². The van der Waals surface area contributed by atoms with Crippen LogP contribution in [-0.2, 0) is 11.2 Å². The van der Waals surface area contributed by atoms with Crippen LogP contribution in [0.25, 0.3) is 11.4 Å². The molecule has 31 heavy (non-hydrogen) atoms. The Morgan fingerprint density at radius 1 is 0.677 bits per heavy atom. The largest absolute Gasteiger partial charge is 0.466 e. The number of benzene rings is 2. The number of aryl methyl sites for hydroxylation is 2. The van der Waals surface area contributed by atoms with Gasteiger partial charge < -0.3 is 9.47 Å². The van der Waals surface area contributed by atoms with Crippen molar-refractivity contribution in [2.24, 2.45) is 0 Å². The van der Waals surface area contributed by atoms with Crippen LogP contribution in [0, 0.1) is 13.8 Å². The predicted molar refractivity (Wildman–Crippen MR) is 117 cm³/mol. The third-order valence-corrected chi connectivity index (χ3v) is 6.41. The number of para-hydroxylation sites is 2. The van der Waals surface area contributed by atoms with Gasteiger partial charge in [0.1, 0.15) is 11.2 Å². The van der Waals surface area contributed by atoms with Crippen molar-refractivity contribution < 1.29 is 9.47 Å². The minimum atomic E-state index is -0.578. The highest BCUT2D eigenvalue weighted by Gasteiger charge is 2.57. The van der Waals surface area contributed by atoms with E-state index in [4.69, 9.17) is 19.7 Å². The van der Waals surface area contributed by atoms with Gasteiger partial charge in [0.2, 0.25) is 11.8 Å². The lowest BCUT2D eigenvalue weighted by Gasteiger charge is -2.48. The Bertz CT molecular complexity index is 1210. The summed E-state index contributed by atoms with van der Waals surface area (Å²) in [6.07, 6.45) is 0.697. The van der Waals surface area contributed by atoms with Crippen LogP contribution in [0.1, 0.15) is 42.8 Å². The molecule has 4 aromatic rings. The molecule has 2 aromatic heterocycles. The average Bonchev–Trinajstić information content (AvgIpc) is 3.26. The van der Waals surface area contributed by atoms with Crippen LogP contribution in [0.4, 0.5) is 0 Å². The molecule has 2 unspecified atom stereocenters. The molecule has 156 valence electrons. The molecule has 6 rings (SSSR count). The first kappa shape index (κ1) is 18.2. The van der Waals surface area contributed by atoms with Gasteiger partial charge in [0.05, 0.1) is 33.9 Å². The minimum Gasteiger partial charge on any atom is -0.466 e. The summed E-state index contributed by atoms with van der Waals surface area (Å²) >= 11 is 0. The van der Waals surface area contributed by atoms with E-state index in [1.807, 2.05) is 83.9 Å². The third kappa shape index (κ3) is 2.45. The molecule has 0 amide bonds. The van der Waals surface area contributed by atoms with E-state index in [1.165, 1.54) is 0 Å². The Hall–Kier alpha value is -3.54. The monoisotopic (exact) mass is 412 g/mol.